The molecule has 0 saturated carbocycles. The van der Waals surface area contributed by atoms with Crippen LogP contribution in [0, 0.1) is 0 Å². The van der Waals surface area contributed by atoms with E-state index in [1.807, 2.05) is 45.0 Å². The molecule has 1 amide bonds. The summed E-state index contributed by atoms with van der Waals surface area (Å²) < 4.78 is 17.0. The van der Waals surface area contributed by atoms with Crippen LogP contribution in [0.2, 0.25) is 0 Å². The van der Waals surface area contributed by atoms with E-state index >= 15 is 0 Å². The van der Waals surface area contributed by atoms with Gasteiger partial charge in [-0.25, -0.2) is 4.79 Å². The minimum Gasteiger partial charge on any atom is -0.494 e. The first kappa shape index (κ1) is 18.3. The fraction of sp³-hybridized carbons (Fsp3) is 0.500. The van der Waals surface area contributed by atoms with Crippen molar-refractivity contribution in [3.05, 3.63) is 30.5 Å². The summed E-state index contributed by atoms with van der Waals surface area (Å²) in [6.07, 6.45) is 3.08. The van der Waals surface area contributed by atoms with E-state index in [1.54, 1.807) is 18.2 Å². The molecule has 0 N–H and O–H groups in total. The molecule has 2 aromatic rings. The van der Waals surface area contributed by atoms with Gasteiger partial charge in [-0.15, -0.1) is 0 Å². The zero-order valence-electron chi connectivity index (χ0n) is 15.8. The third-order valence-corrected chi connectivity index (χ3v) is 4.30. The number of nitrogens with zero attached hydrogens (tertiary/aromatic N) is 2. The smallest absolute Gasteiger partial charge is 0.410 e. The van der Waals surface area contributed by atoms with Crippen LogP contribution in [-0.4, -0.2) is 47.9 Å². The first-order valence-electron chi connectivity index (χ1n) is 8.93. The summed E-state index contributed by atoms with van der Waals surface area (Å²) in [5.74, 6) is 1.53. The van der Waals surface area contributed by atoms with Crippen LogP contribution in [0.15, 0.2) is 30.5 Å². The molecule has 1 aliphatic rings. The number of rotatable bonds is 3. The molecule has 0 spiro atoms. The molecule has 1 aromatic carbocycles. The molecule has 0 aliphatic carbocycles. The first-order valence-corrected chi connectivity index (χ1v) is 8.93. The number of piperidine rings is 1. The second-order valence-corrected chi connectivity index (χ2v) is 7.45. The fourth-order valence-electron chi connectivity index (χ4n) is 3.05. The van der Waals surface area contributed by atoms with E-state index in [0.29, 0.717) is 13.1 Å². The highest BCUT2D eigenvalue weighted by atomic mass is 16.6. The minimum atomic E-state index is -0.473. The van der Waals surface area contributed by atoms with Gasteiger partial charge in [0.2, 0.25) is 0 Å². The van der Waals surface area contributed by atoms with Crippen LogP contribution in [0.1, 0.15) is 33.6 Å². The van der Waals surface area contributed by atoms with Gasteiger partial charge in [0.15, 0.2) is 0 Å². The first-order chi connectivity index (χ1) is 12.4. The topological polar surface area (TPSA) is 60.9 Å². The van der Waals surface area contributed by atoms with Gasteiger partial charge >= 0.3 is 6.09 Å². The van der Waals surface area contributed by atoms with Crippen LogP contribution in [0.25, 0.3) is 10.9 Å². The van der Waals surface area contributed by atoms with Gasteiger partial charge in [0.1, 0.15) is 28.7 Å². The standard InChI is InChI=1S/C20H26N2O4/c1-20(2,3)26-19(23)22-12-9-14(10-13-22)25-16-8-11-21-18-15(16)6-5-7-17(18)24-4/h5-8,11,14H,9-10,12-13H2,1-4H3. The van der Waals surface area contributed by atoms with Crippen molar-refractivity contribution in [2.75, 3.05) is 20.2 Å². The molecule has 1 saturated heterocycles. The normalized spacial score (nSPS) is 15.8. The number of pyridine rings is 1. The summed E-state index contributed by atoms with van der Waals surface area (Å²) in [6.45, 7) is 6.90. The van der Waals surface area contributed by atoms with Gasteiger partial charge in [-0.1, -0.05) is 6.07 Å². The highest BCUT2D eigenvalue weighted by molar-refractivity contribution is 5.89. The molecule has 0 bridgehead atoms. The van der Waals surface area contributed by atoms with Crippen molar-refractivity contribution in [1.82, 2.24) is 9.88 Å². The molecule has 1 aromatic heterocycles. The maximum atomic E-state index is 12.2. The van der Waals surface area contributed by atoms with Crippen LogP contribution in [0.4, 0.5) is 4.79 Å². The Bertz CT molecular complexity index is 777. The SMILES string of the molecule is COc1cccc2c(OC3CCN(C(=O)OC(C)(C)C)CC3)ccnc12. The Morgan fingerprint density at radius 1 is 1.15 bits per heavy atom. The summed E-state index contributed by atoms with van der Waals surface area (Å²) >= 11 is 0. The summed E-state index contributed by atoms with van der Waals surface area (Å²) in [5, 5.41) is 0.932. The van der Waals surface area contributed by atoms with Crippen molar-refractivity contribution in [2.24, 2.45) is 0 Å². The van der Waals surface area contributed by atoms with E-state index in [2.05, 4.69) is 4.98 Å². The second-order valence-electron chi connectivity index (χ2n) is 7.45. The predicted octanol–water partition coefficient (Wildman–Crippen LogP) is 4.02. The van der Waals surface area contributed by atoms with Crippen molar-refractivity contribution in [3.8, 4) is 11.5 Å². The number of para-hydroxylation sites is 1. The van der Waals surface area contributed by atoms with Crippen LogP contribution in [0.3, 0.4) is 0 Å². The van der Waals surface area contributed by atoms with E-state index in [1.165, 1.54) is 0 Å². The summed E-state index contributed by atoms with van der Waals surface area (Å²) in [6, 6.07) is 7.68. The van der Waals surface area contributed by atoms with Crippen LogP contribution in [-0.2, 0) is 4.74 Å². The average molecular weight is 358 g/mol. The maximum Gasteiger partial charge on any atom is 0.410 e. The molecule has 0 unspecified atom stereocenters. The van der Waals surface area contributed by atoms with E-state index in [0.717, 1.165) is 35.2 Å². The van der Waals surface area contributed by atoms with Crippen molar-refractivity contribution in [1.29, 1.82) is 0 Å². The molecule has 2 heterocycles. The number of methoxy groups -OCH3 is 1. The molecule has 6 nitrogen and oxygen atoms in total. The molecule has 26 heavy (non-hydrogen) atoms. The number of hydrogen-bond acceptors (Lipinski definition) is 5. The molecule has 140 valence electrons. The number of amides is 1. The van der Waals surface area contributed by atoms with E-state index in [9.17, 15) is 4.79 Å². The van der Waals surface area contributed by atoms with Crippen molar-refractivity contribution >= 4 is 17.0 Å². The minimum absolute atomic E-state index is 0.0606. The van der Waals surface area contributed by atoms with Gasteiger partial charge in [-0.3, -0.25) is 4.98 Å². The van der Waals surface area contributed by atoms with Crippen LogP contribution in [0.5, 0.6) is 11.5 Å². The second kappa shape index (κ2) is 7.40. The fourth-order valence-corrected chi connectivity index (χ4v) is 3.05. The van der Waals surface area contributed by atoms with Gasteiger partial charge in [0.25, 0.3) is 0 Å². The highest BCUT2D eigenvalue weighted by Gasteiger charge is 2.28. The van der Waals surface area contributed by atoms with E-state index in [-0.39, 0.29) is 12.2 Å². The number of aromatic nitrogens is 1. The lowest BCUT2D eigenvalue weighted by Gasteiger charge is -2.33. The summed E-state index contributed by atoms with van der Waals surface area (Å²) in [5.41, 5.74) is 0.318. The number of carbonyl (C=O) groups is 1. The summed E-state index contributed by atoms with van der Waals surface area (Å²) in [4.78, 5) is 18.3. The van der Waals surface area contributed by atoms with Gasteiger partial charge in [0, 0.05) is 37.5 Å². The molecular weight excluding hydrogens is 332 g/mol. The maximum absolute atomic E-state index is 12.2. The number of benzene rings is 1. The van der Waals surface area contributed by atoms with Gasteiger partial charge in [-0.05, 0) is 39.0 Å². The van der Waals surface area contributed by atoms with E-state index < -0.39 is 5.60 Å². The van der Waals surface area contributed by atoms with Crippen molar-refractivity contribution in [2.45, 2.75) is 45.3 Å². The quantitative estimate of drug-likeness (QED) is 0.829. The van der Waals surface area contributed by atoms with Crippen LogP contribution >= 0.6 is 0 Å². The van der Waals surface area contributed by atoms with Crippen molar-refractivity contribution in [3.63, 3.8) is 0 Å². The molecule has 0 radical (unpaired) electrons. The number of hydrogen-bond donors (Lipinski definition) is 0. The lowest BCUT2D eigenvalue weighted by Crippen LogP contribution is -2.44. The molecule has 6 heteroatoms. The average Bonchev–Trinajstić information content (AvgIpc) is 2.60. The van der Waals surface area contributed by atoms with E-state index in [4.69, 9.17) is 14.2 Å². The number of ether oxygens (including phenoxy) is 3. The third-order valence-electron chi connectivity index (χ3n) is 4.30. The van der Waals surface area contributed by atoms with Crippen molar-refractivity contribution < 1.29 is 19.0 Å². The molecule has 1 fully saturated rings. The Hall–Kier alpha value is -2.50. The molecule has 0 atom stereocenters. The number of fused-ring (bicyclic) bond motifs is 1. The highest BCUT2D eigenvalue weighted by Crippen LogP contribution is 2.31. The largest absolute Gasteiger partial charge is 0.494 e. The lowest BCUT2D eigenvalue weighted by molar-refractivity contribution is 0.0128. The summed E-state index contributed by atoms with van der Waals surface area (Å²) in [7, 11) is 1.64. The lowest BCUT2D eigenvalue weighted by atomic mass is 10.1. The van der Waals surface area contributed by atoms with Gasteiger partial charge in [0.05, 0.1) is 7.11 Å². The van der Waals surface area contributed by atoms with Gasteiger partial charge in [-0.2, -0.15) is 0 Å². The molecular formula is C20H26N2O4. The third kappa shape index (κ3) is 4.18. The zero-order chi connectivity index (χ0) is 18.7. The van der Waals surface area contributed by atoms with Crippen LogP contribution < -0.4 is 9.47 Å². The molecule has 3 rings (SSSR count). The zero-order valence-corrected chi connectivity index (χ0v) is 15.8. The Morgan fingerprint density at radius 2 is 1.88 bits per heavy atom. The Labute approximate surface area is 154 Å². The molecule has 1 aliphatic heterocycles. The Kier molecular flexibility index (Phi) is 5.20. The Morgan fingerprint density at radius 3 is 2.54 bits per heavy atom. The predicted molar refractivity (Wildman–Crippen MR) is 99.8 cm³/mol. The van der Waals surface area contributed by atoms with Gasteiger partial charge < -0.3 is 19.1 Å². The number of likely N-dealkylation sites (tertiary alicyclic amines) is 1. The Balaban J connectivity index is 1.65. The number of carbonyl (C=O) groups excluding carboxylic acids is 1. The monoisotopic (exact) mass is 358 g/mol.